The van der Waals surface area contributed by atoms with E-state index in [1.54, 1.807) is 36.9 Å². The van der Waals surface area contributed by atoms with Crippen LogP contribution in [0.5, 0.6) is 5.88 Å². The third-order valence-electron chi connectivity index (χ3n) is 4.18. The first-order valence-electron chi connectivity index (χ1n) is 8.86. The molecule has 8 heteroatoms. The number of anilines is 1. The molecule has 0 fully saturated rings. The molecule has 0 spiro atoms. The van der Waals surface area contributed by atoms with Gasteiger partial charge in [-0.15, -0.1) is 16.9 Å². The van der Waals surface area contributed by atoms with E-state index in [9.17, 15) is 9.59 Å². The Morgan fingerprint density at radius 1 is 1.21 bits per heavy atom. The molecular formula is C21H20ClN3O3S. The van der Waals surface area contributed by atoms with Crippen molar-refractivity contribution < 1.29 is 9.53 Å². The van der Waals surface area contributed by atoms with Gasteiger partial charge >= 0.3 is 0 Å². The second-order valence-electron chi connectivity index (χ2n) is 6.33. The number of amides is 1. The van der Waals surface area contributed by atoms with Gasteiger partial charge in [0.15, 0.2) is 6.10 Å². The van der Waals surface area contributed by atoms with Crippen molar-refractivity contribution in [3.8, 4) is 11.6 Å². The highest BCUT2D eigenvalue weighted by atomic mass is 35.5. The smallest absolute Gasteiger partial charge is 0.271 e. The Morgan fingerprint density at radius 3 is 2.76 bits per heavy atom. The van der Waals surface area contributed by atoms with Crippen molar-refractivity contribution in [3.63, 3.8) is 0 Å². The number of carbonyl (C=O) groups excluding carboxylic acids is 1. The predicted molar refractivity (Wildman–Crippen MR) is 117 cm³/mol. The van der Waals surface area contributed by atoms with Crippen molar-refractivity contribution in [3.05, 3.63) is 75.5 Å². The summed E-state index contributed by atoms with van der Waals surface area (Å²) in [6.07, 6.45) is 1.15. The molecule has 0 saturated heterocycles. The van der Waals surface area contributed by atoms with Crippen LogP contribution < -0.4 is 15.6 Å². The predicted octanol–water partition coefficient (Wildman–Crippen LogP) is 4.32. The molecule has 3 aromatic rings. The molecule has 0 radical (unpaired) electrons. The average Bonchev–Trinajstić information content (AvgIpc) is 2.71. The second-order valence-corrected chi connectivity index (χ2v) is 7.65. The third-order valence-corrected chi connectivity index (χ3v) is 5.14. The van der Waals surface area contributed by atoms with Gasteiger partial charge in [0.2, 0.25) is 5.88 Å². The first-order valence-corrected chi connectivity index (χ1v) is 10.5. The Hall–Kier alpha value is -2.77. The van der Waals surface area contributed by atoms with E-state index in [1.807, 2.05) is 37.4 Å². The van der Waals surface area contributed by atoms with Gasteiger partial charge in [-0.25, -0.2) is 0 Å². The molecule has 1 atom stereocenters. The van der Waals surface area contributed by atoms with E-state index >= 15 is 0 Å². The van der Waals surface area contributed by atoms with Gasteiger partial charge in [-0.1, -0.05) is 23.7 Å². The number of rotatable bonds is 6. The lowest BCUT2D eigenvalue weighted by molar-refractivity contribution is -0.122. The van der Waals surface area contributed by atoms with Crippen LogP contribution in [0.15, 0.2) is 64.3 Å². The number of halogens is 1. The summed E-state index contributed by atoms with van der Waals surface area (Å²) in [4.78, 5) is 25.8. The lowest BCUT2D eigenvalue weighted by Crippen LogP contribution is -2.31. The zero-order valence-corrected chi connectivity index (χ0v) is 17.8. The van der Waals surface area contributed by atoms with Crippen molar-refractivity contribution in [1.29, 1.82) is 0 Å². The number of hydrogen-bond donors (Lipinski definition) is 1. The van der Waals surface area contributed by atoms with Crippen LogP contribution in [0.25, 0.3) is 5.69 Å². The Bertz CT molecular complexity index is 1100. The van der Waals surface area contributed by atoms with Crippen molar-refractivity contribution in [1.82, 2.24) is 9.78 Å². The summed E-state index contributed by atoms with van der Waals surface area (Å²) in [6, 6.07) is 15.5. The molecular weight excluding hydrogens is 410 g/mol. The minimum Gasteiger partial charge on any atom is -0.463 e. The molecule has 1 heterocycles. The number of thioether (sulfide) groups is 1. The summed E-state index contributed by atoms with van der Waals surface area (Å²) in [6.45, 7) is 3.47. The third kappa shape index (κ3) is 5.19. The number of hydrogen-bond acceptors (Lipinski definition) is 5. The number of aryl methyl sites for hydroxylation is 1. The molecule has 1 N–H and O–H groups in total. The SMILES string of the molecule is CSc1cccc(NC(=O)[C@H](C)Oc2ccc(=O)n(-c3cc(Cl)ccc3C)n2)c1. The van der Waals surface area contributed by atoms with Gasteiger partial charge in [0.05, 0.1) is 5.69 Å². The summed E-state index contributed by atoms with van der Waals surface area (Å²) < 4.78 is 6.88. The zero-order valence-electron chi connectivity index (χ0n) is 16.2. The zero-order chi connectivity index (χ0) is 21.0. The molecule has 0 aliphatic carbocycles. The summed E-state index contributed by atoms with van der Waals surface area (Å²) in [5, 5.41) is 7.55. The van der Waals surface area contributed by atoms with Gasteiger partial charge in [-0.2, -0.15) is 4.68 Å². The van der Waals surface area contributed by atoms with Crippen LogP contribution in [-0.2, 0) is 4.79 Å². The van der Waals surface area contributed by atoms with E-state index in [4.69, 9.17) is 16.3 Å². The molecule has 2 aromatic carbocycles. The number of nitrogens with zero attached hydrogens (tertiary/aromatic N) is 2. The van der Waals surface area contributed by atoms with Gasteiger partial charge in [-0.3, -0.25) is 9.59 Å². The topological polar surface area (TPSA) is 73.2 Å². The van der Waals surface area contributed by atoms with E-state index in [2.05, 4.69) is 10.4 Å². The normalized spacial score (nSPS) is 11.7. The van der Waals surface area contributed by atoms with Crippen molar-refractivity contribution in [2.75, 3.05) is 11.6 Å². The van der Waals surface area contributed by atoms with Crippen molar-refractivity contribution in [2.24, 2.45) is 0 Å². The molecule has 29 heavy (non-hydrogen) atoms. The van der Waals surface area contributed by atoms with E-state index < -0.39 is 6.10 Å². The molecule has 6 nitrogen and oxygen atoms in total. The Kier molecular flexibility index (Phi) is 6.61. The first kappa shape index (κ1) is 21.0. The highest BCUT2D eigenvalue weighted by Gasteiger charge is 2.17. The fraction of sp³-hybridized carbons (Fsp3) is 0.190. The molecule has 0 bridgehead atoms. The van der Waals surface area contributed by atoms with Gasteiger partial charge in [0, 0.05) is 27.7 Å². The lowest BCUT2D eigenvalue weighted by Gasteiger charge is -2.15. The highest BCUT2D eigenvalue weighted by molar-refractivity contribution is 7.98. The van der Waals surface area contributed by atoms with Crippen LogP contribution >= 0.6 is 23.4 Å². The quantitative estimate of drug-likeness (QED) is 0.590. The molecule has 0 unspecified atom stereocenters. The highest BCUT2D eigenvalue weighted by Crippen LogP contribution is 2.20. The first-order chi connectivity index (χ1) is 13.9. The maximum absolute atomic E-state index is 12.5. The van der Waals surface area contributed by atoms with Crippen LogP contribution in [0.2, 0.25) is 5.02 Å². The fourth-order valence-electron chi connectivity index (χ4n) is 2.62. The molecule has 0 saturated carbocycles. The lowest BCUT2D eigenvalue weighted by atomic mass is 10.2. The minimum absolute atomic E-state index is 0.157. The molecule has 3 rings (SSSR count). The van der Waals surface area contributed by atoms with Gasteiger partial charge in [0.1, 0.15) is 0 Å². The number of nitrogens with one attached hydrogen (secondary N) is 1. The molecule has 0 aliphatic heterocycles. The average molecular weight is 430 g/mol. The van der Waals surface area contributed by atoms with E-state index in [1.165, 1.54) is 16.8 Å². The Morgan fingerprint density at radius 2 is 2.00 bits per heavy atom. The summed E-state index contributed by atoms with van der Waals surface area (Å²) in [7, 11) is 0. The second kappa shape index (κ2) is 9.15. The van der Waals surface area contributed by atoms with E-state index in [-0.39, 0.29) is 17.3 Å². The van der Waals surface area contributed by atoms with Crippen LogP contribution in [-0.4, -0.2) is 28.0 Å². The number of benzene rings is 2. The number of ether oxygens (including phenoxy) is 1. The van der Waals surface area contributed by atoms with Crippen LogP contribution in [0, 0.1) is 6.92 Å². The van der Waals surface area contributed by atoms with Crippen LogP contribution in [0.3, 0.4) is 0 Å². The summed E-state index contributed by atoms with van der Waals surface area (Å²) in [5.74, 6) is -0.161. The van der Waals surface area contributed by atoms with E-state index in [0.29, 0.717) is 16.4 Å². The van der Waals surface area contributed by atoms with Crippen LogP contribution in [0.4, 0.5) is 5.69 Å². The monoisotopic (exact) mass is 429 g/mol. The van der Waals surface area contributed by atoms with Crippen molar-refractivity contribution in [2.45, 2.75) is 24.8 Å². The molecule has 150 valence electrons. The Labute approximate surface area is 177 Å². The van der Waals surface area contributed by atoms with Crippen LogP contribution in [0.1, 0.15) is 12.5 Å². The maximum atomic E-state index is 12.5. The summed E-state index contributed by atoms with van der Waals surface area (Å²) in [5.41, 5.74) is 1.75. The van der Waals surface area contributed by atoms with Gasteiger partial charge in [-0.05, 0) is 56.0 Å². The molecule has 0 aliphatic rings. The van der Waals surface area contributed by atoms with Gasteiger partial charge < -0.3 is 10.1 Å². The number of aromatic nitrogens is 2. The minimum atomic E-state index is -0.813. The Balaban J connectivity index is 1.78. The van der Waals surface area contributed by atoms with E-state index in [0.717, 1.165) is 10.5 Å². The largest absolute Gasteiger partial charge is 0.463 e. The maximum Gasteiger partial charge on any atom is 0.271 e. The van der Waals surface area contributed by atoms with Crippen molar-refractivity contribution >= 4 is 35.0 Å². The molecule has 1 amide bonds. The number of carbonyl (C=O) groups is 1. The standard InChI is InChI=1S/C21H20ClN3O3S/c1-13-7-8-15(22)11-18(13)25-20(26)10-9-19(24-25)28-14(2)21(27)23-16-5-4-6-17(12-16)29-3/h4-12,14H,1-3H3,(H,23,27)/t14-/m0/s1. The summed E-state index contributed by atoms with van der Waals surface area (Å²) >= 11 is 7.64. The fourth-order valence-corrected chi connectivity index (χ4v) is 3.25. The van der Waals surface area contributed by atoms with Gasteiger partial charge in [0.25, 0.3) is 11.5 Å². The molecule has 1 aromatic heterocycles.